The van der Waals surface area contributed by atoms with Gasteiger partial charge in [-0.25, -0.2) is 9.79 Å². The highest BCUT2D eigenvalue weighted by Gasteiger charge is 2.24. The molecular formula is C19H15BrN2O5S. The Kier molecular flexibility index (Phi) is 6.05. The van der Waals surface area contributed by atoms with E-state index in [1.54, 1.807) is 44.6 Å². The van der Waals surface area contributed by atoms with Gasteiger partial charge in [0.15, 0.2) is 16.7 Å². The smallest absolute Gasteiger partial charge is 0.335 e. The molecule has 7 nitrogen and oxygen atoms in total. The molecule has 9 heteroatoms. The topological polar surface area (TPSA) is 97.2 Å². The summed E-state index contributed by atoms with van der Waals surface area (Å²) in [7, 11) is 3.09. The SMILES string of the molecule is COc1cc(Br)c(/C=C2\SC(=Nc3ccc(C(=O)O)cc3)NC2=O)cc1OC. The number of halogens is 1. The van der Waals surface area contributed by atoms with Gasteiger partial charge in [0.05, 0.1) is 30.4 Å². The van der Waals surface area contributed by atoms with E-state index in [9.17, 15) is 9.59 Å². The molecule has 1 fully saturated rings. The summed E-state index contributed by atoms with van der Waals surface area (Å²) in [6.45, 7) is 0. The Morgan fingerprint density at radius 3 is 2.43 bits per heavy atom. The first-order valence-electron chi connectivity index (χ1n) is 7.95. The Morgan fingerprint density at radius 2 is 1.82 bits per heavy atom. The van der Waals surface area contributed by atoms with Crippen LogP contribution in [0.4, 0.5) is 5.69 Å². The van der Waals surface area contributed by atoms with Crippen LogP contribution in [0, 0.1) is 0 Å². The van der Waals surface area contributed by atoms with Gasteiger partial charge in [0, 0.05) is 4.47 Å². The second-order valence-electron chi connectivity index (χ2n) is 5.56. The van der Waals surface area contributed by atoms with Crippen LogP contribution in [-0.4, -0.2) is 36.4 Å². The molecule has 1 heterocycles. The quantitative estimate of drug-likeness (QED) is 0.650. The number of nitrogens with zero attached hydrogens (tertiary/aromatic N) is 1. The number of nitrogens with one attached hydrogen (secondary N) is 1. The average Bonchev–Trinajstić information content (AvgIpc) is 3.02. The third kappa shape index (κ3) is 4.37. The molecule has 1 saturated heterocycles. The molecule has 1 aliphatic heterocycles. The van der Waals surface area contributed by atoms with E-state index in [1.165, 1.54) is 23.9 Å². The zero-order valence-electron chi connectivity index (χ0n) is 14.9. The number of rotatable bonds is 5. The van der Waals surface area contributed by atoms with Gasteiger partial charge in [-0.3, -0.25) is 4.79 Å². The minimum Gasteiger partial charge on any atom is -0.493 e. The molecule has 2 N–H and O–H groups in total. The lowest BCUT2D eigenvalue weighted by Gasteiger charge is -2.10. The fraction of sp³-hybridized carbons (Fsp3) is 0.105. The van der Waals surface area contributed by atoms with Crippen LogP contribution in [0.15, 0.2) is 50.8 Å². The maximum Gasteiger partial charge on any atom is 0.335 e. The number of carbonyl (C=O) groups excluding carboxylic acids is 1. The number of carbonyl (C=O) groups is 2. The number of benzene rings is 2. The standard InChI is InChI=1S/C19H15BrN2O5S/c1-26-14-7-11(13(20)9-15(14)27-2)8-16-17(23)22-19(28-16)21-12-5-3-10(4-6-12)18(24)25/h3-9H,1-2H3,(H,24,25)(H,21,22,23)/b16-8-. The molecule has 0 unspecified atom stereocenters. The maximum atomic E-state index is 12.3. The summed E-state index contributed by atoms with van der Waals surface area (Å²) < 4.78 is 11.3. The lowest BCUT2D eigenvalue weighted by molar-refractivity contribution is -0.115. The highest BCUT2D eigenvalue weighted by Crippen LogP contribution is 2.36. The minimum absolute atomic E-state index is 0.172. The number of methoxy groups -OCH3 is 2. The van der Waals surface area contributed by atoms with Crippen LogP contribution < -0.4 is 14.8 Å². The summed E-state index contributed by atoms with van der Waals surface area (Å²) in [5.41, 5.74) is 1.47. The number of aromatic carboxylic acids is 1. The van der Waals surface area contributed by atoms with Gasteiger partial charge < -0.3 is 19.9 Å². The van der Waals surface area contributed by atoms with Crippen molar-refractivity contribution in [2.24, 2.45) is 4.99 Å². The van der Waals surface area contributed by atoms with Crippen molar-refractivity contribution in [3.05, 3.63) is 56.9 Å². The zero-order chi connectivity index (χ0) is 20.3. The van der Waals surface area contributed by atoms with Crippen molar-refractivity contribution in [1.82, 2.24) is 5.32 Å². The molecule has 1 aliphatic rings. The Hall–Kier alpha value is -2.78. The molecule has 2 aromatic rings. The number of hydrogen-bond acceptors (Lipinski definition) is 6. The molecule has 144 valence electrons. The van der Waals surface area contributed by atoms with Crippen LogP contribution in [-0.2, 0) is 4.79 Å². The predicted molar refractivity (Wildman–Crippen MR) is 111 cm³/mol. The van der Waals surface area contributed by atoms with E-state index in [1.807, 2.05) is 0 Å². The molecule has 28 heavy (non-hydrogen) atoms. The van der Waals surface area contributed by atoms with Gasteiger partial charge in [0.2, 0.25) is 0 Å². The number of carboxylic acids is 1. The third-order valence-electron chi connectivity index (χ3n) is 3.79. The minimum atomic E-state index is -1.01. The van der Waals surface area contributed by atoms with Gasteiger partial charge in [-0.1, -0.05) is 15.9 Å². The monoisotopic (exact) mass is 462 g/mol. The first-order valence-corrected chi connectivity index (χ1v) is 9.56. The Labute approximate surface area is 173 Å². The van der Waals surface area contributed by atoms with E-state index >= 15 is 0 Å². The van der Waals surface area contributed by atoms with Crippen LogP contribution in [0.2, 0.25) is 0 Å². The second kappa shape index (κ2) is 8.49. The Morgan fingerprint density at radius 1 is 1.18 bits per heavy atom. The summed E-state index contributed by atoms with van der Waals surface area (Å²) >= 11 is 4.66. The molecule has 0 saturated carbocycles. The Bertz CT molecular complexity index is 1000. The molecule has 0 spiro atoms. The van der Waals surface area contributed by atoms with Crippen molar-refractivity contribution in [1.29, 1.82) is 0 Å². The van der Waals surface area contributed by atoms with Crippen LogP contribution in [0.5, 0.6) is 11.5 Å². The van der Waals surface area contributed by atoms with Crippen molar-refractivity contribution >= 4 is 56.5 Å². The van der Waals surface area contributed by atoms with Gasteiger partial charge in [-0.2, -0.15) is 0 Å². The normalized spacial score (nSPS) is 16.3. The highest BCUT2D eigenvalue weighted by molar-refractivity contribution is 9.10. The van der Waals surface area contributed by atoms with Crippen LogP contribution >= 0.6 is 27.7 Å². The largest absolute Gasteiger partial charge is 0.493 e. The summed E-state index contributed by atoms with van der Waals surface area (Å²) in [6.07, 6.45) is 1.72. The van der Waals surface area contributed by atoms with Gasteiger partial charge in [0.1, 0.15) is 0 Å². The van der Waals surface area contributed by atoms with Gasteiger partial charge in [0.25, 0.3) is 5.91 Å². The van der Waals surface area contributed by atoms with Crippen molar-refractivity contribution in [3.63, 3.8) is 0 Å². The number of ether oxygens (including phenoxy) is 2. The summed E-state index contributed by atoms with van der Waals surface area (Å²) in [5.74, 6) is -0.151. The molecule has 3 rings (SSSR count). The van der Waals surface area contributed by atoms with E-state index < -0.39 is 5.97 Å². The summed E-state index contributed by atoms with van der Waals surface area (Å²) in [6, 6.07) is 9.61. The number of thioether (sulfide) groups is 1. The number of carboxylic acid groups (broad SMARTS) is 1. The van der Waals surface area contributed by atoms with E-state index in [0.717, 1.165) is 10.0 Å². The number of hydrogen-bond donors (Lipinski definition) is 2. The molecule has 0 atom stereocenters. The van der Waals surface area contributed by atoms with Crippen molar-refractivity contribution < 1.29 is 24.2 Å². The first-order chi connectivity index (χ1) is 13.4. The first kappa shape index (κ1) is 20.0. The predicted octanol–water partition coefficient (Wildman–Crippen LogP) is 4.06. The van der Waals surface area contributed by atoms with E-state index in [0.29, 0.717) is 27.3 Å². The molecule has 0 radical (unpaired) electrons. The van der Waals surface area contributed by atoms with Crippen LogP contribution in [0.1, 0.15) is 15.9 Å². The van der Waals surface area contributed by atoms with E-state index in [4.69, 9.17) is 14.6 Å². The number of amidine groups is 1. The van der Waals surface area contributed by atoms with Gasteiger partial charge in [-0.15, -0.1) is 0 Å². The van der Waals surface area contributed by atoms with E-state index in [2.05, 4.69) is 26.2 Å². The third-order valence-corrected chi connectivity index (χ3v) is 5.38. The lowest BCUT2D eigenvalue weighted by atomic mass is 10.2. The molecule has 0 aromatic heterocycles. The van der Waals surface area contributed by atoms with E-state index in [-0.39, 0.29) is 11.5 Å². The van der Waals surface area contributed by atoms with Crippen LogP contribution in [0.25, 0.3) is 6.08 Å². The molecular weight excluding hydrogens is 448 g/mol. The molecule has 2 aromatic carbocycles. The van der Waals surface area contributed by atoms with Crippen molar-refractivity contribution in [3.8, 4) is 11.5 Å². The Balaban J connectivity index is 1.85. The number of amides is 1. The van der Waals surface area contributed by atoms with Crippen molar-refractivity contribution in [2.75, 3.05) is 14.2 Å². The fourth-order valence-electron chi connectivity index (χ4n) is 2.40. The van der Waals surface area contributed by atoms with Crippen LogP contribution in [0.3, 0.4) is 0 Å². The van der Waals surface area contributed by atoms with Gasteiger partial charge >= 0.3 is 5.97 Å². The molecule has 0 aliphatic carbocycles. The summed E-state index contributed by atoms with van der Waals surface area (Å²) in [4.78, 5) is 28.0. The molecule has 0 bridgehead atoms. The summed E-state index contributed by atoms with van der Waals surface area (Å²) in [5, 5.41) is 12.0. The number of aliphatic imine (C=N–C) groups is 1. The zero-order valence-corrected chi connectivity index (χ0v) is 17.3. The molecule has 1 amide bonds. The average molecular weight is 463 g/mol. The van der Waals surface area contributed by atoms with Crippen molar-refractivity contribution in [2.45, 2.75) is 0 Å². The highest BCUT2D eigenvalue weighted by atomic mass is 79.9. The van der Waals surface area contributed by atoms with Gasteiger partial charge in [-0.05, 0) is 59.8 Å². The lowest BCUT2D eigenvalue weighted by Crippen LogP contribution is -2.19. The maximum absolute atomic E-state index is 12.3. The fourth-order valence-corrected chi connectivity index (χ4v) is 3.67. The second-order valence-corrected chi connectivity index (χ2v) is 7.45.